The Kier molecular flexibility index (Phi) is 5.50. The van der Waals surface area contributed by atoms with Crippen LogP contribution in [0.2, 0.25) is 0 Å². The van der Waals surface area contributed by atoms with Gasteiger partial charge in [-0.25, -0.2) is 14.3 Å². The lowest BCUT2D eigenvalue weighted by Gasteiger charge is -2.22. The molecule has 1 aliphatic heterocycles. The van der Waals surface area contributed by atoms with Crippen LogP contribution in [0.4, 0.5) is 4.79 Å². The van der Waals surface area contributed by atoms with Crippen LogP contribution in [0.5, 0.6) is 0 Å². The van der Waals surface area contributed by atoms with Gasteiger partial charge in [-0.3, -0.25) is 0 Å². The lowest BCUT2D eigenvalue weighted by Crippen LogP contribution is -2.42. The van der Waals surface area contributed by atoms with Crippen molar-refractivity contribution in [2.75, 3.05) is 19.7 Å². The summed E-state index contributed by atoms with van der Waals surface area (Å²) in [5.74, 6) is -1.13. The van der Waals surface area contributed by atoms with Crippen molar-refractivity contribution in [3.63, 3.8) is 0 Å². The standard InChI is InChI=1S/C12H19N5O4/c18-11(19)10-8-17(16-15-10)5-4-13-12(20)14-7-9-3-1-2-6-21-9/h8-9H,1-7H2,(H,18,19)(H2,13,14,20). The molecule has 1 atom stereocenters. The smallest absolute Gasteiger partial charge is 0.358 e. The molecule has 0 aliphatic carbocycles. The fourth-order valence-electron chi connectivity index (χ4n) is 2.03. The SMILES string of the molecule is O=C(NCCn1cc(C(=O)O)nn1)NCC1CCCCO1. The first-order valence-corrected chi connectivity index (χ1v) is 6.92. The second-order valence-electron chi connectivity index (χ2n) is 4.80. The van der Waals surface area contributed by atoms with Gasteiger partial charge in [0.25, 0.3) is 0 Å². The van der Waals surface area contributed by atoms with Crippen molar-refractivity contribution in [2.45, 2.75) is 31.9 Å². The third kappa shape index (κ3) is 5.03. The number of ether oxygens (including phenoxy) is 1. The Morgan fingerprint density at radius 1 is 1.43 bits per heavy atom. The fourth-order valence-corrected chi connectivity index (χ4v) is 2.03. The molecule has 116 valence electrons. The van der Waals surface area contributed by atoms with Gasteiger partial charge >= 0.3 is 12.0 Å². The number of carbonyl (C=O) groups is 2. The number of aromatic carboxylic acids is 1. The van der Waals surface area contributed by atoms with Crippen LogP contribution >= 0.6 is 0 Å². The first-order valence-electron chi connectivity index (χ1n) is 6.92. The van der Waals surface area contributed by atoms with Crippen molar-refractivity contribution in [3.8, 4) is 0 Å². The predicted octanol–water partition coefficient (Wildman–Crippen LogP) is -0.155. The van der Waals surface area contributed by atoms with Gasteiger partial charge in [0.05, 0.1) is 18.8 Å². The average molecular weight is 297 g/mol. The van der Waals surface area contributed by atoms with Gasteiger partial charge in [0.1, 0.15) is 0 Å². The molecule has 9 heteroatoms. The van der Waals surface area contributed by atoms with E-state index in [1.807, 2.05) is 0 Å². The Hall–Kier alpha value is -2.16. The van der Waals surface area contributed by atoms with Gasteiger partial charge in [0.2, 0.25) is 0 Å². The van der Waals surface area contributed by atoms with E-state index in [9.17, 15) is 9.59 Å². The molecule has 0 radical (unpaired) electrons. The number of nitrogens with one attached hydrogen (secondary N) is 2. The second-order valence-corrected chi connectivity index (χ2v) is 4.80. The summed E-state index contributed by atoms with van der Waals surface area (Å²) in [5.41, 5.74) is -0.117. The van der Waals surface area contributed by atoms with Gasteiger partial charge in [-0.1, -0.05) is 5.21 Å². The minimum Gasteiger partial charge on any atom is -0.476 e. The molecule has 2 heterocycles. The Morgan fingerprint density at radius 2 is 2.29 bits per heavy atom. The van der Waals surface area contributed by atoms with Crippen molar-refractivity contribution in [3.05, 3.63) is 11.9 Å². The number of carboxylic acids is 1. The highest BCUT2D eigenvalue weighted by Gasteiger charge is 2.14. The molecule has 1 aromatic rings. The van der Waals surface area contributed by atoms with Gasteiger partial charge in [-0.2, -0.15) is 0 Å². The van der Waals surface area contributed by atoms with Crippen LogP contribution in [0.15, 0.2) is 6.20 Å². The molecule has 1 fully saturated rings. The van der Waals surface area contributed by atoms with Crippen LogP contribution in [-0.4, -0.2) is 57.9 Å². The number of amides is 2. The molecule has 1 unspecified atom stereocenters. The predicted molar refractivity (Wildman–Crippen MR) is 72.0 cm³/mol. The topological polar surface area (TPSA) is 118 Å². The highest BCUT2D eigenvalue weighted by Crippen LogP contribution is 2.11. The fraction of sp³-hybridized carbons (Fsp3) is 0.667. The molecule has 2 amide bonds. The third-order valence-corrected chi connectivity index (χ3v) is 3.15. The van der Waals surface area contributed by atoms with Crippen molar-refractivity contribution in [2.24, 2.45) is 0 Å². The Balaban J connectivity index is 1.61. The van der Waals surface area contributed by atoms with Crippen molar-refractivity contribution in [1.29, 1.82) is 0 Å². The normalized spacial score (nSPS) is 18.2. The molecule has 2 rings (SSSR count). The van der Waals surface area contributed by atoms with E-state index in [4.69, 9.17) is 9.84 Å². The van der Waals surface area contributed by atoms with Crippen molar-refractivity contribution in [1.82, 2.24) is 25.6 Å². The maximum Gasteiger partial charge on any atom is 0.358 e. The van der Waals surface area contributed by atoms with E-state index in [2.05, 4.69) is 20.9 Å². The van der Waals surface area contributed by atoms with Crippen LogP contribution in [-0.2, 0) is 11.3 Å². The number of hydrogen-bond donors (Lipinski definition) is 3. The number of aromatic nitrogens is 3. The zero-order valence-electron chi connectivity index (χ0n) is 11.6. The van der Waals surface area contributed by atoms with Gasteiger partial charge < -0.3 is 20.5 Å². The quantitative estimate of drug-likeness (QED) is 0.671. The summed E-state index contributed by atoms with van der Waals surface area (Å²) in [4.78, 5) is 22.2. The van der Waals surface area contributed by atoms with Crippen LogP contribution in [0.3, 0.4) is 0 Å². The van der Waals surface area contributed by atoms with E-state index in [1.54, 1.807) is 0 Å². The molecule has 21 heavy (non-hydrogen) atoms. The van der Waals surface area contributed by atoms with E-state index in [1.165, 1.54) is 10.9 Å². The van der Waals surface area contributed by atoms with E-state index in [-0.39, 0.29) is 17.8 Å². The van der Waals surface area contributed by atoms with Gasteiger partial charge in [0.15, 0.2) is 5.69 Å². The lowest BCUT2D eigenvalue weighted by atomic mass is 10.1. The highest BCUT2D eigenvalue weighted by atomic mass is 16.5. The molecule has 0 saturated carbocycles. The second kappa shape index (κ2) is 7.58. The lowest BCUT2D eigenvalue weighted by molar-refractivity contribution is 0.0184. The minimum atomic E-state index is -1.13. The summed E-state index contributed by atoms with van der Waals surface area (Å²) in [6.07, 6.45) is 4.60. The number of carboxylic acid groups (broad SMARTS) is 1. The number of urea groups is 1. The van der Waals surface area contributed by atoms with Gasteiger partial charge in [-0.15, -0.1) is 5.10 Å². The molecule has 0 aromatic carbocycles. The average Bonchev–Trinajstić information content (AvgIpc) is 2.95. The van der Waals surface area contributed by atoms with Gasteiger partial charge in [0, 0.05) is 19.7 Å². The Labute approximate surface area is 121 Å². The number of carbonyl (C=O) groups excluding carboxylic acids is 1. The maximum absolute atomic E-state index is 11.6. The molecule has 1 aromatic heterocycles. The van der Waals surface area contributed by atoms with Crippen LogP contribution < -0.4 is 10.6 Å². The zero-order valence-corrected chi connectivity index (χ0v) is 11.6. The maximum atomic E-state index is 11.6. The summed E-state index contributed by atoms with van der Waals surface area (Å²) < 4.78 is 6.88. The summed E-state index contributed by atoms with van der Waals surface area (Å²) in [6.45, 7) is 1.94. The summed E-state index contributed by atoms with van der Waals surface area (Å²) in [6, 6.07) is -0.275. The largest absolute Gasteiger partial charge is 0.476 e. The first-order chi connectivity index (χ1) is 10.1. The Morgan fingerprint density at radius 3 is 2.95 bits per heavy atom. The molecular formula is C12H19N5O4. The number of rotatable bonds is 6. The highest BCUT2D eigenvalue weighted by molar-refractivity contribution is 5.84. The van der Waals surface area contributed by atoms with Gasteiger partial charge in [-0.05, 0) is 19.3 Å². The molecular weight excluding hydrogens is 278 g/mol. The molecule has 0 bridgehead atoms. The first kappa shape index (κ1) is 15.2. The van der Waals surface area contributed by atoms with E-state index >= 15 is 0 Å². The zero-order chi connectivity index (χ0) is 15.1. The monoisotopic (exact) mass is 297 g/mol. The molecule has 9 nitrogen and oxygen atoms in total. The number of hydrogen-bond acceptors (Lipinski definition) is 5. The van der Waals surface area contributed by atoms with Crippen molar-refractivity contribution < 1.29 is 19.4 Å². The minimum absolute atomic E-state index is 0.0953. The molecule has 1 aliphatic rings. The molecule has 0 spiro atoms. The molecule has 1 saturated heterocycles. The Bertz CT molecular complexity index is 484. The molecule has 3 N–H and O–H groups in total. The van der Waals surface area contributed by atoms with Crippen LogP contribution in [0.25, 0.3) is 0 Å². The van der Waals surface area contributed by atoms with Crippen LogP contribution in [0, 0.1) is 0 Å². The summed E-state index contributed by atoms with van der Waals surface area (Å²) >= 11 is 0. The number of nitrogens with zero attached hydrogens (tertiary/aromatic N) is 3. The van der Waals surface area contributed by atoms with Crippen molar-refractivity contribution >= 4 is 12.0 Å². The summed E-state index contributed by atoms with van der Waals surface area (Å²) in [7, 11) is 0. The van der Waals surface area contributed by atoms with Crippen LogP contribution in [0.1, 0.15) is 29.8 Å². The third-order valence-electron chi connectivity index (χ3n) is 3.15. The van der Waals surface area contributed by atoms with E-state index in [0.29, 0.717) is 19.6 Å². The van der Waals surface area contributed by atoms with E-state index < -0.39 is 5.97 Å². The summed E-state index contributed by atoms with van der Waals surface area (Å²) in [5, 5.41) is 21.2. The van der Waals surface area contributed by atoms with E-state index in [0.717, 1.165) is 25.9 Å².